The van der Waals surface area contributed by atoms with Gasteiger partial charge in [-0.1, -0.05) is 12.1 Å². The van der Waals surface area contributed by atoms with Gasteiger partial charge in [0.2, 0.25) is 5.43 Å². The van der Waals surface area contributed by atoms with Crippen LogP contribution in [0.5, 0.6) is 0 Å². The van der Waals surface area contributed by atoms with Crippen molar-refractivity contribution in [1.82, 2.24) is 20.0 Å². The maximum atomic E-state index is 12.7. The quantitative estimate of drug-likeness (QED) is 0.608. The van der Waals surface area contributed by atoms with E-state index in [1.807, 2.05) is 0 Å². The van der Waals surface area contributed by atoms with E-state index in [2.05, 4.69) is 15.3 Å². The lowest BCUT2D eigenvalue weighted by atomic mass is 10.0. The molecule has 0 radical (unpaired) electrons. The van der Waals surface area contributed by atoms with Gasteiger partial charge in [0.25, 0.3) is 11.6 Å². The molecule has 0 spiro atoms. The van der Waals surface area contributed by atoms with Gasteiger partial charge in [-0.3, -0.25) is 19.7 Å². The number of likely N-dealkylation sites (tertiary alicyclic amines) is 1. The average Bonchev–Trinajstić information content (AvgIpc) is 3.54. The summed E-state index contributed by atoms with van der Waals surface area (Å²) in [5, 5.41) is 18.5. The number of rotatable bonds is 5. The molecule has 1 amide bonds. The van der Waals surface area contributed by atoms with Gasteiger partial charge < -0.3 is 10.2 Å². The summed E-state index contributed by atoms with van der Waals surface area (Å²) in [6.07, 6.45) is 4.20. The zero-order valence-corrected chi connectivity index (χ0v) is 16.2. The summed E-state index contributed by atoms with van der Waals surface area (Å²) < 4.78 is 1.28. The van der Waals surface area contributed by atoms with Crippen molar-refractivity contribution in [3.05, 3.63) is 62.1 Å². The number of nitro benzene ring substituents is 1. The molecule has 2 aliphatic rings. The minimum absolute atomic E-state index is 0.000450. The Morgan fingerprint density at radius 3 is 2.55 bits per heavy atom. The Morgan fingerprint density at radius 2 is 1.90 bits per heavy atom. The van der Waals surface area contributed by atoms with E-state index in [0.717, 1.165) is 25.9 Å². The zero-order valence-electron chi connectivity index (χ0n) is 16.2. The number of benzene rings is 1. The Morgan fingerprint density at radius 1 is 1.21 bits per heavy atom. The number of carbonyl (C=O) groups is 1. The largest absolute Gasteiger partial charge is 0.348 e. The zero-order chi connectivity index (χ0) is 20.5. The Balaban J connectivity index is 1.56. The number of aryl methyl sites for hydroxylation is 1. The standard InChI is InChI=1S/C20H23N5O4/c1-13-12-18(26)19(22-24(13)16-4-2-3-5-17(16)25(28)29)20(27)21-14-8-10-23(11-9-14)15-6-7-15/h2-5,12,14-15H,6-11H2,1H3,(H,21,27). The molecule has 1 aliphatic carbocycles. The fraction of sp³-hybridized carbons (Fsp3) is 0.450. The predicted octanol–water partition coefficient (Wildman–Crippen LogP) is 1.81. The van der Waals surface area contributed by atoms with E-state index in [9.17, 15) is 19.7 Å². The molecular weight excluding hydrogens is 374 g/mol. The fourth-order valence-electron chi connectivity index (χ4n) is 3.85. The summed E-state index contributed by atoms with van der Waals surface area (Å²) in [4.78, 5) is 38.4. The van der Waals surface area contributed by atoms with E-state index in [1.165, 1.54) is 35.7 Å². The summed E-state index contributed by atoms with van der Waals surface area (Å²) in [7, 11) is 0. The number of amides is 1. The van der Waals surface area contributed by atoms with Gasteiger partial charge in [-0.15, -0.1) is 0 Å². The van der Waals surface area contributed by atoms with Crippen molar-refractivity contribution in [2.45, 2.75) is 44.7 Å². The van der Waals surface area contributed by atoms with E-state index in [-0.39, 0.29) is 23.1 Å². The van der Waals surface area contributed by atoms with Crippen molar-refractivity contribution in [2.24, 2.45) is 0 Å². The van der Waals surface area contributed by atoms with Gasteiger partial charge in [-0.05, 0) is 38.7 Å². The van der Waals surface area contributed by atoms with Gasteiger partial charge in [-0.2, -0.15) is 5.10 Å². The fourth-order valence-corrected chi connectivity index (χ4v) is 3.85. The van der Waals surface area contributed by atoms with Crippen LogP contribution in [0, 0.1) is 17.0 Å². The number of hydrogen-bond acceptors (Lipinski definition) is 6. The minimum atomic E-state index is -0.535. The molecule has 9 nitrogen and oxygen atoms in total. The normalized spacial score (nSPS) is 17.8. The van der Waals surface area contributed by atoms with Crippen LogP contribution in [-0.2, 0) is 0 Å². The number of nitrogens with zero attached hydrogens (tertiary/aromatic N) is 4. The first-order valence-corrected chi connectivity index (χ1v) is 9.83. The smallest absolute Gasteiger partial charge is 0.294 e. The van der Waals surface area contributed by atoms with E-state index >= 15 is 0 Å². The highest BCUT2D eigenvalue weighted by atomic mass is 16.6. The summed E-state index contributed by atoms with van der Waals surface area (Å²) in [6.45, 7) is 3.51. The van der Waals surface area contributed by atoms with E-state index in [0.29, 0.717) is 11.7 Å². The monoisotopic (exact) mass is 397 g/mol. The Bertz CT molecular complexity index is 1010. The van der Waals surface area contributed by atoms with Gasteiger partial charge in [0.1, 0.15) is 5.69 Å². The molecule has 1 saturated carbocycles. The van der Waals surface area contributed by atoms with Crippen molar-refractivity contribution < 1.29 is 9.72 Å². The first-order valence-electron chi connectivity index (χ1n) is 9.83. The average molecular weight is 397 g/mol. The summed E-state index contributed by atoms with van der Waals surface area (Å²) >= 11 is 0. The molecule has 1 aromatic carbocycles. The van der Waals surface area contributed by atoms with Crippen LogP contribution in [0.1, 0.15) is 41.9 Å². The molecule has 1 saturated heterocycles. The van der Waals surface area contributed by atoms with Crippen LogP contribution < -0.4 is 10.7 Å². The second kappa shape index (κ2) is 7.75. The summed E-state index contributed by atoms with van der Waals surface area (Å²) in [5.74, 6) is -0.535. The molecule has 1 aromatic heterocycles. The minimum Gasteiger partial charge on any atom is -0.348 e. The second-order valence-corrected chi connectivity index (χ2v) is 7.67. The molecular formula is C20H23N5O4. The highest BCUT2D eigenvalue weighted by Gasteiger charge is 2.32. The molecule has 2 heterocycles. The van der Waals surface area contributed by atoms with Crippen LogP contribution in [0.4, 0.5) is 5.69 Å². The first-order chi connectivity index (χ1) is 13.9. The highest BCUT2D eigenvalue weighted by molar-refractivity contribution is 5.92. The molecule has 0 atom stereocenters. The number of aromatic nitrogens is 2. The molecule has 2 aromatic rings. The van der Waals surface area contributed by atoms with Crippen molar-refractivity contribution in [3.8, 4) is 5.69 Å². The second-order valence-electron chi connectivity index (χ2n) is 7.67. The van der Waals surface area contributed by atoms with Crippen LogP contribution in [0.3, 0.4) is 0 Å². The lowest BCUT2D eigenvalue weighted by Gasteiger charge is -2.32. The SMILES string of the molecule is Cc1cc(=O)c(C(=O)NC2CCN(C3CC3)CC2)nn1-c1ccccc1[N+](=O)[O-]. The number of nitro groups is 1. The first kappa shape index (κ1) is 19.3. The molecule has 152 valence electrons. The Labute approximate surface area is 167 Å². The molecule has 29 heavy (non-hydrogen) atoms. The van der Waals surface area contributed by atoms with Gasteiger partial charge in [0.15, 0.2) is 5.69 Å². The van der Waals surface area contributed by atoms with Gasteiger partial charge in [-0.25, -0.2) is 4.68 Å². The lowest BCUT2D eigenvalue weighted by molar-refractivity contribution is -0.384. The van der Waals surface area contributed by atoms with Crippen LogP contribution in [0.2, 0.25) is 0 Å². The molecule has 1 N–H and O–H groups in total. The third kappa shape index (κ3) is 4.04. The third-order valence-electron chi connectivity index (χ3n) is 5.56. The maximum Gasteiger partial charge on any atom is 0.294 e. The molecule has 9 heteroatoms. The summed E-state index contributed by atoms with van der Waals surface area (Å²) in [5.41, 5.74) is -0.269. The third-order valence-corrected chi connectivity index (χ3v) is 5.56. The van der Waals surface area contributed by atoms with Gasteiger partial charge >= 0.3 is 0 Å². The number of para-hydroxylation sites is 2. The van der Waals surface area contributed by atoms with E-state index < -0.39 is 16.3 Å². The number of hydrogen-bond donors (Lipinski definition) is 1. The maximum absolute atomic E-state index is 12.7. The topological polar surface area (TPSA) is 110 Å². The van der Waals surface area contributed by atoms with Crippen LogP contribution in [-0.4, -0.2) is 50.7 Å². The van der Waals surface area contributed by atoms with Crippen molar-refractivity contribution in [2.75, 3.05) is 13.1 Å². The number of carbonyl (C=O) groups excluding carboxylic acids is 1. The molecule has 1 aliphatic heterocycles. The number of nitrogens with one attached hydrogen (secondary N) is 1. The molecule has 0 bridgehead atoms. The Hall–Kier alpha value is -3.07. The van der Waals surface area contributed by atoms with Crippen LogP contribution in [0.15, 0.2) is 35.1 Å². The molecule has 4 rings (SSSR count). The summed E-state index contributed by atoms with van der Waals surface area (Å²) in [6, 6.07) is 8.10. The lowest BCUT2D eigenvalue weighted by Crippen LogP contribution is -2.46. The van der Waals surface area contributed by atoms with Gasteiger partial charge in [0, 0.05) is 43.0 Å². The van der Waals surface area contributed by atoms with Gasteiger partial charge in [0.05, 0.1) is 4.92 Å². The predicted molar refractivity (Wildman–Crippen MR) is 106 cm³/mol. The van der Waals surface area contributed by atoms with Crippen molar-refractivity contribution >= 4 is 11.6 Å². The highest BCUT2D eigenvalue weighted by Crippen LogP contribution is 2.29. The molecule has 0 unspecified atom stereocenters. The van der Waals surface area contributed by atoms with E-state index in [4.69, 9.17) is 0 Å². The van der Waals surface area contributed by atoms with E-state index in [1.54, 1.807) is 19.1 Å². The number of piperidine rings is 1. The van der Waals surface area contributed by atoms with Crippen molar-refractivity contribution in [3.63, 3.8) is 0 Å². The van der Waals surface area contributed by atoms with Crippen molar-refractivity contribution in [1.29, 1.82) is 0 Å². The Kier molecular flexibility index (Phi) is 5.14. The molecule has 2 fully saturated rings. The van der Waals surface area contributed by atoms with Crippen LogP contribution >= 0.6 is 0 Å². The van der Waals surface area contributed by atoms with Crippen LogP contribution in [0.25, 0.3) is 5.69 Å².